The second-order valence-electron chi connectivity index (χ2n) is 3.46. The van der Waals surface area contributed by atoms with E-state index in [1.54, 1.807) is 6.92 Å². The summed E-state index contributed by atoms with van der Waals surface area (Å²) in [6.07, 6.45) is 3.85. The fourth-order valence-electron chi connectivity index (χ4n) is 1.08. The topological polar surface area (TPSA) is 46.2 Å². The molecule has 0 saturated carbocycles. The Hall–Kier alpha value is -0.350. The van der Waals surface area contributed by atoms with E-state index in [4.69, 9.17) is 0 Å². The summed E-state index contributed by atoms with van der Waals surface area (Å²) in [6.45, 7) is 7.93. The predicted octanol–water partition coefficient (Wildman–Crippen LogP) is 1.37. The van der Waals surface area contributed by atoms with Gasteiger partial charge in [0.25, 0.3) is 0 Å². The van der Waals surface area contributed by atoms with Crippen molar-refractivity contribution in [2.24, 2.45) is 0 Å². The first-order valence-corrected chi connectivity index (χ1v) is 6.88. The normalized spacial score (nSPS) is 13.9. The van der Waals surface area contributed by atoms with Gasteiger partial charge in [-0.15, -0.1) is 6.58 Å². The molecule has 4 heteroatoms. The summed E-state index contributed by atoms with van der Waals surface area (Å²) in [4.78, 5) is 0. The van der Waals surface area contributed by atoms with Gasteiger partial charge in [-0.2, -0.15) is 0 Å². The number of nitrogens with one attached hydrogen (secondary N) is 1. The van der Waals surface area contributed by atoms with E-state index in [1.165, 1.54) is 0 Å². The van der Waals surface area contributed by atoms with E-state index in [1.807, 2.05) is 6.08 Å². The first-order chi connectivity index (χ1) is 6.52. The van der Waals surface area contributed by atoms with Crippen LogP contribution in [0.15, 0.2) is 12.7 Å². The van der Waals surface area contributed by atoms with Gasteiger partial charge in [0, 0.05) is 18.3 Å². The Balaban J connectivity index is 3.58. The first kappa shape index (κ1) is 13.7. The molecule has 0 bridgehead atoms. The van der Waals surface area contributed by atoms with E-state index >= 15 is 0 Å². The summed E-state index contributed by atoms with van der Waals surface area (Å²) in [5, 5.41) is 3.18. The molecule has 0 aliphatic carbocycles. The Kier molecular flexibility index (Phi) is 6.83. The number of hydrogen-bond acceptors (Lipinski definition) is 3. The van der Waals surface area contributed by atoms with Gasteiger partial charge in [0.15, 0.2) is 9.84 Å². The standard InChI is InChI=1S/C10H21NO2S/c1-4-6-7-10(3)11-8-9-14(12,13)5-2/h4,10-11H,1,5-9H2,2-3H3. The van der Waals surface area contributed by atoms with Gasteiger partial charge in [-0.25, -0.2) is 8.42 Å². The summed E-state index contributed by atoms with van der Waals surface area (Å²) >= 11 is 0. The molecule has 1 atom stereocenters. The first-order valence-electron chi connectivity index (χ1n) is 5.06. The Morgan fingerprint density at radius 2 is 2.14 bits per heavy atom. The van der Waals surface area contributed by atoms with Crippen LogP contribution >= 0.6 is 0 Å². The van der Waals surface area contributed by atoms with Crippen LogP contribution in [0.5, 0.6) is 0 Å². The minimum atomic E-state index is -2.82. The van der Waals surface area contributed by atoms with Crippen LogP contribution in [-0.4, -0.2) is 32.5 Å². The Labute approximate surface area is 87.5 Å². The second-order valence-corrected chi connectivity index (χ2v) is 5.93. The Morgan fingerprint density at radius 1 is 1.50 bits per heavy atom. The molecule has 0 amide bonds. The SMILES string of the molecule is C=CCCC(C)NCCS(=O)(=O)CC. The van der Waals surface area contributed by atoms with E-state index in [0.717, 1.165) is 12.8 Å². The zero-order chi connectivity index (χ0) is 11.0. The van der Waals surface area contributed by atoms with Gasteiger partial charge >= 0.3 is 0 Å². The molecule has 0 heterocycles. The average molecular weight is 219 g/mol. The molecular formula is C10H21NO2S. The number of sulfone groups is 1. The smallest absolute Gasteiger partial charge is 0.151 e. The van der Waals surface area contributed by atoms with Gasteiger partial charge < -0.3 is 5.32 Å². The lowest BCUT2D eigenvalue weighted by atomic mass is 10.2. The van der Waals surface area contributed by atoms with Gasteiger partial charge in [-0.05, 0) is 19.8 Å². The lowest BCUT2D eigenvalue weighted by Gasteiger charge is -2.12. The third kappa shape index (κ3) is 7.09. The third-order valence-corrected chi connectivity index (χ3v) is 3.86. The molecule has 3 nitrogen and oxygen atoms in total. The predicted molar refractivity (Wildman–Crippen MR) is 61.2 cm³/mol. The van der Waals surface area contributed by atoms with Gasteiger partial charge in [0.2, 0.25) is 0 Å². The highest BCUT2D eigenvalue weighted by Crippen LogP contribution is 1.96. The van der Waals surface area contributed by atoms with Crippen molar-refractivity contribution in [3.63, 3.8) is 0 Å². The zero-order valence-electron chi connectivity index (χ0n) is 9.12. The van der Waals surface area contributed by atoms with Gasteiger partial charge in [-0.3, -0.25) is 0 Å². The highest BCUT2D eigenvalue weighted by atomic mass is 32.2. The minimum Gasteiger partial charge on any atom is -0.313 e. The Morgan fingerprint density at radius 3 is 2.64 bits per heavy atom. The van der Waals surface area contributed by atoms with Crippen LogP contribution in [0.1, 0.15) is 26.7 Å². The minimum absolute atomic E-state index is 0.232. The van der Waals surface area contributed by atoms with Crippen LogP contribution < -0.4 is 5.32 Å². The van der Waals surface area contributed by atoms with Crippen molar-refractivity contribution in [1.29, 1.82) is 0 Å². The van der Waals surface area contributed by atoms with Crippen LogP contribution in [0.25, 0.3) is 0 Å². The molecule has 0 aliphatic heterocycles. The molecule has 0 saturated heterocycles. The van der Waals surface area contributed by atoms with E-state index < -0.39 is 9.84 Å². The van der Waals surface area contributed by atoms with Crippen LogP contribution in [0, 0.1) is 0 Å². The number of hydrogen-bond donors (Lipinski definition) is 1. The molecular weight excluding hydrogens is 198 g/mol. The highest BCUT2D eigenvalue weighted by Gasteiger charge is 2.07. The fourth-order valence-corrected chi connectivity index (χ4v) is 1.79. The molecule has 0 radical (unpaired) electrons. The molecule has 0 spiro atoms. The molecule has 0 rings (SSSR count). The highest BCUT2D eigenvalue weighted by molar-refractivity contribution is 7.91. The van der Waals surface area contributed by atoms with E-state index in [-0.39, 0.29) is 11.5 Å². The summed E-state index contributed by atoms with van der Waals surface area (Å²) in [5.41, 5.74) is 0. The second kappa shape index (κ2) is 7.01. The lowest BCUT2D eigenvalue weighted by Crippen LogP contribution is -2.31. The monoisotopic (exact) mass is 219 g/mol. The van der Waals surface area contributed by atoms with E-state index in [0.29, 0.717) is 12.6 Å². The fraction of sp³-hybridized carbons (Fsp3) is 0.800. The maximum absolute atomic E-state index is 11.1. The van der Waals surface area contributed by atoms with E-state index in [9.17, 15) is 8.42 Å². The van der Waals surface area contributed by atoms with Crippen LogP contribution in [0.2, 0.25) is 0 Å². The number of allylic oxidation sites excluding steroid dienone is 1. The molecule has 84 valence electrons. The lowest BCUT2D eigenvalue weighted by molar-refractivity contribution is 0.530. The molecule has 0 aliphatic rings. The Bertz CT molecular complexity index is 247. The van der Waals surface area contributed by atoms with Gasteiger partial charge in [0.1, 0.15) is 0 Å². The summed E-state index contributed by atoms with van der Waals surface area (Å²) in [6, 6.07) is 0.361. The molecule has 1 unspecified atom stereocenters. The number of rotatable bonds is 8. The maximum Gasteiger partial charge on any atom is 0.151 e. The average Bonchev–Trinajstić information content (AvgIpc) is 2.14. The molecule has 0 aromatic carbocycles. The maximum atomic E-state index is 11.1. The van der Waals surface area contributed by atoms with Crippen molar-refractivity contribution in [2.45, 2.75) is 32.7 Å². The summed E-state index contributed by atoms with van der Waals surface area (Å²) in [7, 11) is -2.82. The molecule has 14 heavy (non-hydrogen) atoms. The quantitative estimate of drug-likeness (QED) is 0.627. The van der Waals surface area contributed by atoms with Crippen molar-refractivity contribution >= 4 is 9.84 Å². The van der Waals surface area contributed by atoms with Crippen LogP contribution in [0.4, 0.5) is 0 Å². The summed E-state index contributed by atoms with van der Waals surface area (Å²) in [5.74, 6) is 0.470. The van der Waals surface area contributed by atoms with Crippen molar-refractivity contribution in [1.82, 2.24) is 5.32 Å². The largest absolute Gasteiger partial charge is 0.313 e. The molecule has 0 aromatic heterocycles. The van der Waals surface area contributed by atoms with E-state index in [2.05, 4.69) is 18.8 Å². The van der Waals surface area contributed by atoms with Gasteiger partial charge in [0.05, 0.1) is 5.75 Å². The van der Waals surface area contributed by atoms with Crippen molar-refractivity contribution in [3.8, 4) is 0 Å². The zero-order valence-corrected chi connectivity index (χ0v) is 9.94. The molecule has 0 aromatic rings. The van der Waals surface area contributed by atoms with Crippen LogP contribution in [-0.2, 0) is 9.84 Å². The van der Waals surface area contributed by atoms with Gasteiger partial charge in [-0.1, -0.05) is 13.0 Å². The molecule has 1 N–H and O–H groups in total. The van der Waals surface area contributed by atoms with Crippen molar-refractivity contribution in [2.75, 3.05) is 18.1 Å². The third-order valence-electron chi connectivity index (χ3n) is 2.15. The van der Waals surface area contributed by atoms with Crippen molar-refractivity contribution < 1.29 is 8.42 Å². The summed E-state index contributed by atoms with van der Waals surface area (Å²) < 4.78 is 22.3. The molecule has 0 fully saturated rings. The van der Waals surface area contributed by atoms with Crippen LogP contribution in [0.3, 0.4) is 0 Å². The van der Waals surface area contributed by atoms with Crippen molar-refractivity contribution in [3.05, 3.63) is 12.7 Å².